The molecule has 0 radical (unpaired) electrons. The number of hydrogen-bond donors (Lipinski definition) is 0. The van der Waals surface area contributed by atoms with Gasteiger partial charge in [0.05, 0.1) is 19.3 Å². The van der Waals surface area contributed by atoms with Crippen LogP contribution in [0, 0.1) is 17.8 Å². The van der Waals surface area contributed by atoms with Crippen molar-refractivity contribution in [3.05, 3.63) is 70.2 Å². The monoisotopic (exact) mass is 708 g/mol. The third kappa shape index (κ3) is 17.8. The van der Waals surface area contributed by atoms with E-state index in [1.807, 2.05) is 71.1 Å². The lowest BCUT2D eigenvalue weighted by Crippen LogP contribution is -2.37. The van der Waals surface area contributed by atoms with Gasteiger partial charge in [-0.25, -0.2) is 0 Å². The molecule has 286 valence electrons. The fourth-order valence-electron chi connectivity index (χ4n) is 6.11. The summed E-state index contributed by atoms with van der Waals surface area (Å²) < 4.78 is 16.8. The van der Waals surface area contributed by atoms with E-state index in [0.29, 0.717) is 24.7 Å². The fraction of sp³-hybridized carbons (Fsp3) is 0.614. The van der Waals surface area contributed by atoms with Gasteiger partial charge in [-0.15, -0.1) is 0 Å². The molecule has 1 aromatic carbocycles. The number of ketones is 2. The second kappa shape index (κ2) is 25.8. The van der Waals surface area contributed by atoms with Crippen LogP contribution >= 0.6 is 0 Å². The van der Waals surface area contributed by atoms with Crippen molar-refractivity contribution in [3.63, 3.8) is 0 Å². The van der Waals surface area contributed by atoms with Crippen LogP contribution in [0.5, 0.6) is 0 Å². The first-order valence-electron chi connectivity index (χ1n) is 19.2. The van der Waals surface area contributed by atoms with Gasteiger partial charge in [-0.05, 0) is 102 Å². The molecule has 0 saturated carbocycles. The quantitative estimate of drug-likeness (QED) is 0.0477. The zero-order valence-corrected chi connectivity index (χ0v) is 33.7. The minimum Gasteiger partial charge on any atom is -0.461 e. The predicted octanol–water partition coefficient (Wildman–Crippen LogP) is 7.80. The van der Waals surface area contributed by atoms with Crippen LogP contribution in [-0.4, -0.2) is 74.6 Å². The van der Waals surface area contributed by atoms with E-state index in [2.05, 4.69) is 64.1 Å². The Morgan fingerprint density at radius 1 is 1.06 bits per heavy atom. The molecule has 7 heteroatoms. The van der Waals surface area contributed by atoms with Crippen molar-refractivity contribution >= 4 is 29.7 Å². The highest BCUT2D eigenvalue weighted by Crippen LogP contribution is 2.20. The molecule has 0 amide bonds. The highest BCUT2D eigenvalue weighted by atomic mass is 16.5. The van der Waals surface area contributed by atoms with Crippen LogP contribution in [0.1, 0.15) is 107 Å². The molecule has 1 fully saturated rings. The van der Waals surface area contributed by atoms with Gasteiger partial charge < -0.3 is 19.1 Å². The number of carbonyl (C=O) groups is 3. The highest BCUT2D eigenvalue weighted by molar-refractivity contribution is 5.98. The normalized spacial score (nSPS) is 20.1. The molecule has 1 heterocycles. The summed E-state index contributed by atoms with van der Waals surface area (Å²) in [6, 6.07) is 9.03. The molecule has 0 bridgehead atoms. The molecule has 6 atom stereocenters. The number of carbonyl (C=O) groups excluding carboxylic acids is 3. The van der Waals surface area contributed by atoms with Crippen molar-refractivity contribution in [2.24, 2.45) is 17.8 Å². The van der Waals surface area contributed by atoms with Crippen LogP contribution < -0.4 is 10.4 Å². The summed E-state index contributed by atoms with van der Waals surface area (Å²) in [5, 5.41) is 2.38. The lowest BCUT2D eigenvalue weighted by Gasteiger charge is -2.31. The molecule has 2 rings (SSSR count). The molecule has 1 aliphatic heterocycles. The number of Topliss-reactive ketones (excluding diaryl/α,β-unsaturated/α-hetero) is 2. The Balaban J connectivity index is 0.00000111. The van der Waals surface area contributed by atoms with E-state index < -0.39 is 18.0 Å². The maximum Gasteiger partial charge on any atom is 0.316 e. The van der Waals surface area contributed by atoms with Crippen LogP contribution in [0.3, 0.4) is 0 Å². The van der Waals surface area contributed by atoms with Crippen LogP contribution in [0.2, 0.25) is 0 Å². The zero-order valence-electron chi connectivity index (χ0n) is 33.7. The third-order valence-electron chi connectivity index (χ3n) is 9.44. The Morgan fingerprint density at radius 2 is 1.75 bits per heavy atom. The average molecular weight is 708 g/mol. The minimum absolute atomic E-state index is 0.0169. The van der Waals surface area contributed by atoms with Crippen molar-refractivity contribution in [1.82, 2.24) is 4.90 Å². The predicted molar refractivity (Wildman–Crippen MR) is 212 cm³/mol. The van der Waals surface area contributed by atoms with E-state index in [1.165, 1.54) is 23.3 Å². The number of nitrogens with zero attached hydrogens (tertiary/aromatic N) is 1. The van der Waals surface area contributed by atoms with Crippen LogP contribution in [-0.2, 0) is 28.6 Å². The first-order valence-corrected chi connectivity index (χ1v) is 19.2. The summed E-state index contributed by atoms with van der Waals surface area (Å²) in [6.07, 6.45) is 18.2. The van der Waals surface area contributed by atoms with E-state index in [4.69, 9.17) is 14.2 Å². The van der Waals surface area contributed by atoms with E-state index in [1.54, 1.807) is 6.92 Å². The highest BCUT2D eigenvalue weighted by Gasteiger charge is 2.27. The molecular formula is C44H69NO6. The Morgan fingerprint density at radius 3 is 2.31 bits per heavy atom. The summed E-state index contributed by atoms with van der Waals surface area (Å²) in [5.74, 6) is -1.61. The maximum atomic E-state index is 12.7. The largest absolute Gasteiger partial charge is 0.461 e. The van der Waals surface area contributed by atoms with Gasteiger partial charge in [0, 0.05) is 30.9 Å². The van der Waals surface area contributed by atoms with Crippen molar-refractivity contribution in [2.75, 3.05) is 33.9 Å². The molecule has 0 N–H and O–H groups in total. The summed E-state index contributed by atoms with van der Waals surface area (Å²) in [4.78, 5) is 40.2. The van der Waals surface area contributed by atoms with Gasteiger partial charge >= 0.3 is 5.97 Å². The SMILES string of the molecule is C/C=C(\C=c1\cccc\c1=C\CC)/C=C/COCCC(=O)C(C)C(=O)O[C@H](CC)[C@H](C)/C=C(\C)C(=O)[C@H](C)CCC.CC1CC(N(C)C)CCO1. The molecule has 1 aromatic rings. The van der Waals surface area contributed by atoms with E-state index >= 15 is 0 Å². The van der Waals surface area contributed by atoms with Crippen LogP contribution in [0.4, 0.5) is 0 Å². The molecule has 1 saturated heterocycles. The standard InChI is InChI=1S/C36H52O5.C8H17NO/c1-9-16-26(5)35(38)28(7)24-27(6)34(12-4)41-36(39)29(8)33(37)21-23-40-22-15-18-30(11-3)25-32-20-14-13-19-31(32)17-10-2;1-7-6-8(9(2)3)4-5-10-7/h11,13-15,17-20,24-27,29,34H,9-10,12,16,21-23H2,1-8H3;7-8H,4-6H2,1-3H3/b18-15+,28-24+,30-11-,31-17-,32-25-;/t26-,27-,29?,34-;/m1./s1. The Bertz CT molecular complexity index is 1410. The van der Waals surface area contributed by atoms with Gasteiger partial charge in [0.1, 0.15) is 17.8 Å². The Kier molecular flexibility index (Phi) is 23.2. The minimum atomic E-state index is -0.865. The Labute approximate surface area is 309 Å². The second-order valence-electron chi connectivity index (χ2n) is 14.1. The first kappa shape index (κ1) is 45.9. The second-order valence-corrected chi connectivity index (χ2v) is 14.1. The smallest absolute Gasteiger partial charge is 0.316 e. The van der Waals surface area contributed by atoms with Crippen LogP contribution in [0.25, 0.3) is 12.2 Å². The number of esters is 1. The Hall–Kier alpha value is -3.13. The number of benzene rings is 1. The van der Waals surface area contributed by atoms with Gasteiger partial charge in [0.2, 0.25) is 0 Å². The zero-order chi connectivity index (χ0) is 38.3. The molecular weight excluding hydrogens is 638 g/mol. The fourth-order valence-corrected chi connectivity index (χ4v) is 6.11. The number of allylic oxidation sites excluding steroid dienone is 4. The number of hydrogen-bond acceptors (Lipinski definition) is 7. The number of ether oxygens (including phenoxy) is 3. The van der Waals surface area contributed by atoms with Gasteiger partial charge in [0.25, 0.3) is 0 Å². The summed E-state index contributed by atoms with van der Waals surface area (Å²) >= 11 is 0. The van der Waals surface area contributed by atoms with Crippen molar-refractivity contribution in [3.8, 4) is 0 Å². The lowest BCUT2D eigenvalue weighted by molar-refractivity contribution is -0.158. The molecule has 3 unspecified atom stereocenters. The molecule has 1 aliphatic rings. The average Bonchev–Trinajstić information content (AvgIpc) is 3.11. The van der Waals surface area contributed by atoms with Gasteiger partial charge in [0.15, 0.2) is 5.78 Å². The molecule has 0 aliphatic carbocycles. The number of rotatable bonds is 19. The van der Waals surface area contributed by atoms with Crippen molar-refractivity contribution < 1.29 is 28.6 Å². The van der Waals surface area contributed by atoms with Crippen molar-refractivity contribution in [1.29, 1.82) is 0 Å². The van der Waals surface area contributed by atoms with Gasteiger partial charge in [-0.2, -0.15) is 0 Å². The summed E-state index contributed by atoms with van der Waals surface area (Å²) in [7, 11) is 4.28. The van der Waals surface area contributed by atoms with Crippen molar-refractivity contribution in [2.45, 2.75) is 126 Å². The topological polar surface area (TPSA) is 82.1 Å². The third-order valence-corrected chi connectivity index (χ3v) is 9.44. The van der Waals surface area contributed by atoms with E-state index in [0.717, 1.165) is 37.5 Å². The summed E-state index contributed by atoms with van der Waals surface area (Å²) in [6.45, 7) is 19.1. The molecule has 7 nitrogen and oxygen atoms in total. The molecule has 51 heavy (non-hydrogen) atoms. The lowest BCUT2D eigenvalue weighted by atomic mass is 9.92. The van der Waals surface area contributed by atoms with Gasteiger partial charge in [-0.3, -0.25) is 14.4 Å². The van der Waals surface area contributed by atoms with E-state index in [-0.39, 0.29) is 36.4 Å². The van der Waals surface area contributed by atoms with E-state index in [9.17, 15) is 14.4 Å². The summed E-state index contributed by atoms with van der Waals surface area (Å²) in [5.41, 5.74) is 1.77. The molecule has 0 spiro atoms. The van der Waals surface area contributed by atoms with Gasteiger partial charge in [-0.1, -0.05) is 95.7 Å². The molecule has 0 aromatic heterocycles. The first-order chi connectivity index (χ1) is 24.3. The van der Waals surface area contributed by atoms with Crippen LogP contribution in [0.15, 0.2) is 59.7 Å². The maximum absolute atomic E-state index is 12.7.